The van der Waals surface area contributed by atoms with Crippen molar-refractivity contribution >= 4 is 11.0 Å². The van der Waals surface area contributed by atoms with Gasteiger partial charge in [-0.15, -0.1) is 0 Å². The van der Waals surface area contributed by atoms with E-state index in [1.807, 2.05) is 0 Å². The topological polar surface area (TPSA) is 68.0 Å². The highest BCUT2D eigenvalue weighted by atomic mass is 16.3. The zero-order valence-corrected chi connectivity index (χ0v) is 9.70. The third-order valence-corrected chi connectivity index (χ3v) is 2.88. The van der Waals surface area contributed by atoms with Crippen LogP contribution in [0.2, 0.25) is 0 Å². The first-order valence-electron chi connectivity index (χ1n) is 4.97. The Morgan fingerprint density at radius 1 is 1.06 bits per heavy atom. The number of aromatic nitrogens is 3. The van der Waals surface area contributed by atoms with Gasteiger partial charge in [-0.1, -0.05) is 0 Å². The van der Waals surface area contributed by atoms with Crippen LogP contribution in [0.25, 0.3) is 11.0 Å². The second-order valence-electron chi connectivity index (χ2n) is 3.89. The fourth-order valence-electron chi connectivity index (χ4n) is 1.56. The summed E-state index contributed by atoms with van der Waals surface area (Å²) in [4.78, 5) is 20.3. The fourth-order valence-corrected chi connectivity index (χ4v) is 1.56. The molecule has 5 heteroatoms. The van der Waals surface area contributed by atoms with Gasteiger partial charge in [0.15, 0.2) is 11.3 Å². The number of aryl methyl sites for hydroxylation is 2. The number of pyridine rings is 1. The molecule has 0 saturated heterocycles. The molecular weight excluding hydrogens is 206 g/mol. The molecule has 0 fully saturated rings. The number of hydrogen-bond donors (Lipinski definition) is 1. The Bertz CT molecular complexity index is 644. The van der Waals surface area contributed by atoms with E-state index in [9.17, 15) is 9.90 Å². The van der Waals surface area contributed by atoms with Crippen molar-refractivity contribution < 1.29 is 5.11 Å². The molecule has 2 heterocycles. The Morgan fingerprint density at radius 2 is 1.56 bits per heavy atom. The van der Waals surface area contributed by atoms with Crippen molar-refractivity contribution in [2.75, 3.05) is 0 Å². The van der Waals surface area contributed by atoms with Crippen LogP contribution in [-0.4, -0.2) is 19.6 Å². The Kier molecular flexibility index (Phi) is 2.18. The molecule has 2 rings (SSSR count). The largest absolute Gasteiger partial charge is 0.504 e. The minimum atomic E-state index is -0.235. The average molecular weight is 219 g/mol. The predicted octanol–water partition coefficient (Wildman–Crippen LogP) is 0.959. The zero-order valence-electron chi connectivity index (χ0n) is 9.70. The summed E-state index contributed by atoms with van der Waals surface area (Å²) in [7, 11) is 1.60. The van der Waals surface area contributed by atoms with E-state index in [0.29, 0.717) is 11.4 Å². The summed E-state index contributed by atoms with van der Waals surface area (Å²) in [5, 5.41) is 9.92. The van der Waals surface area contributed by atoms with Crippen molar-refractivity contribution in [2.45, 2.75) is 20.8 Å². The summed E-state index contributed by atoms with van der Waals surface area (Å²) >= 11 is 0. The van der Waals surface area contributed by atoms with Crippen LogP contribution < -0.4 is 5.56 Å². The molecule has 0 spiro atoms. The van der Waals surface area contributed by atoms with Crippen LogP contribution in [0.4, 0.5) is 0 Å². The van der Waals surface area contributed by atoms with Crippen LogP contribution in [0.3, 0.4) is 0 Å². The van der Waals surface area contributed by atoms with Gasteiger partial charge in [0.05, 0.1) is 17.1 Å². The summed E-state index contributed by atoms with van der Waals surface area (Å²) in [5.41, 5.74) is 2.18. The molecular formula is C11H13N3O2. The number of fused-ring (bicyclic) bond motifs is 1. The lowest BCUT2D eigenvalue weighted by Gasteiger charge is -2.09. The van der Waals surface area contributed by atoms with E-state index in [-0.39, 0.29) is 22.3 Å². The van der Waals surface area contributed by atoms with E-state index in [1.54, 1.807) is 27.8 Å². The van der Waals surface area contributed by atoms with Gasteiger partial charge in [0.1, 0.15) is 5.52 Å². The molecule has 0 aliphatic heterocycles. The van der Waals surface area contributed by atoms with Crippen molar-refractivity contribution in [1.29, 1.82) is 0 Å². The zero-order chi connectivity index (χ0) is 12.0. The Labute approximate surface area is 92.4 Å². The number of hydrogen-bond acceptors (Lipinski definition) is 4. The molecule has 0 aliphatic rings. The molecule has 0 unspecified atom stereocenters. The van der Waals surface area contributed by atoms with Crippen LogP contribution in [0.15, 0.2) is 4.79 Å². The summed E-state index contributed by atoms with van der Waals surface area (Å²) in [6.45, 7) is 5.26. The maximum absolute atomic E-state index is 11.9. The predicted molar refractivity (Wildman–Crippen MR) is 60.7 cm³/mol. The first-order chi connectivity index (χ1) is 7.43. The van der Waals surface area contributed by atoms with Crippen LogP contribution in [0, 0.1) is 20.8 Å². The minimum Gasteiger partial charge on any atom is -0.504 e. The monoisotopic (exact) mass is 219 g/mol. The molecule has 2 aromatic rings. The highest BCUT2D eigenvalue weighted by Crippen LogP contribution is 2.23. The van der Waals surface area contributed by atoms with Gasteiger partial charge >= 0.3 is 0 Å². The van der Waals surface area contributed by atoms with Crippen molar-refractivity contribution in [2.24, 2.45) is 7.05 Å². The summed E-state index contributed by atoms with van der Waals surface area (Å²) < 4.78 is 1.38. The molecule has 0 bridgehead atoms. The maximum atomic E-state index is 11.9. The molecule has 0 amide bonds. The summed E-state index contributed by atoms with van der Waals surface area (Å²) in [5.74, 6) is 0.0210. The second-order valence-corrected chi connectivity index (χ2v) is 3.89. The van der Waals surface area contributed by atoms with E-state index in [4.69, 9.17) is 0 Å². The lowest BCUT2D eigenvalue weighted by atomic mass is 10.2. The van der Waals surface area contributed by atoms with Crippen LogP contribution in [0.1, 0.15) is 17.1 Å². The standard InChI is InChI=1S/C11H13N3O2/c1-5-6(2)13-9-8(12-5)10(15)7(3)14(4)11(9)16/h15H,1-4H3. The van der Waals surface area contributed by atoms with Crippen LogP contribution in [0.5, 0.6) is 5.75 Å². The summed E-state index contributed by atoms with van der Waals surface area (Å²) in [6, 6.07) is 0. The van der Waals surface area contributed by atoms with Gasteiger partial charge < -0.3 is 9.67 Å². The highest BCUT2D eigenvalue weighted by Gasteiger charge is 2.14. The molecule has 0 radical (unpaired) electrons. The van der Waals surface area contributed by atoms with Gasteiger partial charge in [0.25, 0.3) is 5.56 Å². The Balaban J connectivity index is 3.09. The molecule has 5 nitrogen and oxygen atoms in total. The van der Waals surface area contributed by atoms with Gasteiger partial charge in [0.2, 0.25) is 0 Å². The van der Waals surface area contributed by atoms with Crippen molar-refractivity contribution in [3.05, 3.63) is 27.4 Å². The van der Waals surface area contributed by atoms with E-state index < -0.39 is 0 Å². The number of aromatic hydroxyl groups is 1. The number of nitrogens with zero attached hydrogens (tertiary/aromatic N) is 3. The molecule has 2 aromatic heterocycles. The van der Waals surface area contributed by atoms with Gasteiger partial charge in [-0.2, -0.15) is 0 Å². The molecule has 84 valence electrons. The highest BCUT2D eigenvalue weighted by molar-refractivity contribution is 5.80. The fraction of sp³-hybridized carbons (Fsp3) is 0.364. The molecule has 0 aromatic carbocycles. The third-order valence-electron chi connectivity index (χ3n) is 2.88. The van der Waals surface area contributed by atoms with Crippen molar-refractivity contribution in [3.63, 3.8) is 0 Å². The quantitative estimate of drug-likeness (QED) is 0.716. The first kappa shape index (κ1) is 10.6. The second kappa shape index (κ2) is 3.30. The molecule has 0 atom stereocenters. The Hall–Kier alpha value is -1.91. The first-order valence-corrected chi connectivity index (χ1v) is 4.97. The molecule has 1 N–H and O–H groups in total. The van der Waals surface area contributed by atoms with E-state index in [2.05, 4.69) is 9.97 Å². The molecule has 16 heavy (non-hydrogen) atoms. The van der Waals surface area contributed by atoms with Crippen LogP contribution in [-0.2, 0) is 7.05 Å². The van der Waals surface area contributed by atoms with E-state index in [1.165, 1.54) is 4.57 Å². The van der Waals surface area contributed by atoms with E-state index in [0.717, 1.165) is 5.69 Å². The van der Waals surface area contributed by atoms with Crippen molar-refractivity contribution in [3.8, 4) is 5.75 Å². The van der Waals surface area contributed by atoms with Gasteiger partial charge in [-0.3, -0.25) is 4.79 Å². The van der Waals surface area contributed by atoms with Gasteiger partial charge in [-0.25, -0.2) is 9.97 Å². The Morgan fingerprint density at radius 3 is 2.12 bits per heavy atom. The van der Waals surface area contributed by atoms with E-state index >= 15 is 0 Å². The lowest BCUT2D eigenvalue weighted by molar-refractivity contribution is 0.467. The van der Waals surface area contributed by atoms with Crippen LogP contribution >= 0.6 is 0 Å². The lowest BCUT2D eigenvalue weighted by Crippen LogP contribution is -2.21. The number of rotatable bonds is 0. The average Bonchev–Trinajstić information content (AvgIpc) is 2.26. The summed E-state index contributed by atoms with van der Waals surface area (Å²) in [6.07, 6.45) is 0. The molecule has 0 aliphatic carbocycles. The smallest absolute Gasteiger partial charge is 0.278 e. The van der Waals surface area contributed by atoms with Gasteiger partial charge in [0, 0.05) is 7.05 Å². The molecule has 0 saturated carbocycles. The maximum Gasteiger partial charge on any atom is 0.278 e. The van der Waals surface area contributed by atoms with Gasteiger partial charge in [-0.05, 0) is 20.8 Å². The minimum absolute atomic E-state index is 0.0210. The van der Waals surface area contributed by atoms with Crippen molar-refractivity contribution in [1.82, 2.24) is 14.5 Å². The normalized spacial score (nSPS) is 11.0. The SMILES string of the molecule is Cc1nc2c(O)c(C)n(C)c(=O)c2nc1C. The third kappa shape index (κ3) is 1.28.